The van der Waals surface area contributed by atoms with Gasteiger partial charge in [-0.2, -0.15) is 5.10 Å². The van der Waals surface area contributed by atoms with E-state index in [0.29, 0.717) is 11.3 Å². The molecule has 0 aliphatic heterocycles. The highest BCUT2D eigenvalue weighted by molar-refractivity contribution is 5.75. The maximum Gasteiger partial charge on any atom is 0.310 e. The number of aliphatic carboxylic acids is 1. The van der Waals surface area contributed by atoms with E-state index < -0.39 is 11.9 Å². The molecule has 0 aliphatic carbocycles. The second-order valence-corrected chi connectivity index (χ2v) is 3.76. The molecule has 1 aromatic carbocycles. The molecular weight excluding hydrogens is 223 g/mol. The van der Waals surface area contributed by atoms with Crippen LogP contribution >= 0.6 is 0 Å². The molecule has 88 valence electrons. The summed E-state index contributed by atoms with van der Waals surface area (Å²) < 4.78 is 14.5. The third-order valence-electron chi connectivity index (χ3n) is 2.55. The fourth-order valence-corrected chi connectivity index (χ4v) is 1.46. The molecule has 0 spiro atoms. The largest absolute Gasteiger partial charge is 0.481 e. The Morgan fingerprint density at radius 3 is 2.94 bits per heavy atom. The lowest BCUT2D eigenvalue weighted by Crippen LogP contribution is -2.06. The zero-order valence-corrected chi connectivity index (χ0v) is 9.17. The second-order valence-electron chi connectivity index (χ2n) is 3.76. The Labute approximate surface area is 97.3 Å². The van der Waals surface area contributed by atoms with Gasteiger partial charge in [-0.3, -0.25) is 4.79 Å². The van der Waals surface area contributed by atoms with Gasteiger partial charge >= 0.3 is 5.97 Å². The van der Waals surface area contributed by atoms with Crippen molar-refractivity contribution in [2.24, 2.45) is 0 Å². The number of carboxylic acids is 1. The smallest absolute Gasteiger partial charge is 0.310 e. The molecule has 5 heteroatoms. The maximum atomic E-state index is 13.0. The normalized spacial score (nSPS) is 12.4. The second kappa shape index (κ2) is 4.37. The van der Waals surface area contributed by atoms with Crippen LogP contribution in [0, 0.1) is 5.82 Å². The van der Waals surface area contributed by atoms with Crippen LogP contribution in [0.15, 0.2) is 36.7 Å². The summed E-state index contributed by atoms with van der Waals surface area (Å²) in [5.41, 5.74) is 1.15. The van der Waals surface area contributed by atoms with Crippen LogP contribution in [0.1, 0.15) is 18.4 Å². The number of hydrogen-bond donors (Lipinski definition) is 1. The molecule has 0 bridgehead atoms. The first-order valence-electron chi connectivity index (χ1n) is 5.11. The summed E-state index contributed by atoms with van der Waals surface area (Å²) in [5.74, 6) is -1.90. The third-order valence-corrected chi connectivity index (χ3v) is 2.55. The highest BCUT2D eigenvalue weighted by Crippen LogP contribution is 2.17. The average Bonchev–Trinajstić information content (AvgIpc) is 2.77. The van der Waals surface area contributed by atoms with Gasteiger partial charge in [0.25, 0.3) is 0 Å². The summed E-state index contributed by atoms with van der Waals surface area (Å²) in [6.45, 7) is 1.58. The minimum Gasteiger partial charge on any atom is -0.481 e. The van der Waals surface area contributed by atoms with Gasteiger partial charge in [-0.05, 0) is 25.1 Å². The number of benzene rings is 1. The van der Waals surface area contributed by atoms with Crippen LogP contribution in [-0.2, 0) is 4.79 Å². The Bertz CT molecular complexity index is 551. The van der Waals surface area contributed by atoms with Crippen molar-refractivity contribution in [3.8, 4) is 5.69 Å². The van der Waals surface area contributed by atoms with Crippen molar-refractivity contribution in [3.63, 3.8) is 0 Å². The molecule has 0 aliphatic rings. The Morgan fingerprint density at radius 1 is 1.53 bits per heavy atom. The molecular formula is C12H11FN2O2. The van der Waals surface area contributed by atoms with Crippen molar-refractivity contribution in [1.29, 1.82) is 0 Å². The number of nitrogens with zero attached hydrogens (tertiary/aromatic N) is 2. The molecule has 0 saturated carbocycles. The molecule has 2 aromatic rings. The molecule has 0 saturated heterocycles. The van der Waals surface area contributed by atoms with Gasteiger partial charge in [-0.25, -0.2) is 9.07 Å². The number of rotatable bonds is 3. The zero-order valence-electron chi connectivity index (χ0n) is 9.17. The molecule has 2 rings (SSSR count). The Kier molecular flexibility index (Phi) is 2.91. The lowest BCUT2D eigenvalue weighted by atomic mass is 10.1. The molecule has 1 N–H and O–H groups in total. The minimum absolute atomic E-state index is 0.356. The number of aromatic nitrogens is 2. The first kappa shape index (κ1) is 11.3. The van der Waals surface area contributed by atoms with Gasteiger partial charge in [0.05, 0.1) is 17.8 Å². The van der Waals surface area contributed by atoms with Crippen LogP contribution in [0.4, 0.5) is 4.39 Å². The van der Waals surface area contributed by atoms with Gasteiger partial charge in [-0.1, -0.05) is 6.07 Å². The van der Waals surface area contributed by atoms with Crippen LogP contribution in [0.25, 0.3) is 5.69 Å². The lowest BCUT2D eigenvalue weighted by Gasteiger charge is -2.02. The fraction of sp³-hybridized carbons (Fsp3) is 0.167. The summed E-state index contributed by atoms with van der Waals surface area (Å²) >= 11 is 0. The summed E-state index contributed by atoms with van der Waals surface area (Å²) in [5, 5.41) is 12.9. The number of hydrogen-bond acceptors (Lipinski definition) is 2. The molecule has 0 radical (unpaired) electrons. The summed E-state index contributed by atoms with van der Waals surface area (Å²) in [4.78, 5) is 10.8. The summed E-state index contributed by atoms with van der Waals surface area (Å²) in [6.07, 6.45) is 3.07. The topological polar surface area (TPSA) is 55.1 Å². The van der Waals surface area contributed by atoms with Gasteiger partial charge in [0.1, 0.15) is 5.82 Å². The molecule has 1 aromatic heterocycles. The Hall–Kier alpha value is -2.17. The molecule has 0 amide bonds. The van der Waals surface area contributed by atoms with E-state index in [9.17, 15) is 9.18 Å². The van der Waals surface area contributed by atoms with Crippen molar-refractivity contribution >= 4 is 5.97 Å². The highest BCUT2D eigenvalue weighted by atomic mass is 19.1. The highest BCUT2D eigenvalue weighted by Gasteiger charge is 2.15. The van der Waals surface area contributed by atoms with Crippen LogP contribution in [0.2, 0.25) is 0 Å². The van der Waals surface area contributed by atoms with Crippen molar-refractivity contribution in [3.05, 3.63) is 48.0 Å². The van der Waals surface area contributed by atoms with Gasteiger partial charge in [0, 0.05) is 11.8 Å². The van der Waals surface area contributed by atoms with E-state index in [-0.39, 0.29) is 5.82 Å². The molecule has 17 heavy (non-hydrogen) atoms. The van der Waals surface area contributed by atoms with Crippen molar-refractivity contribution in [2.75, 3.05) is 0 Å². The quantitative estimate of drug-likeness (QED) is 0.885. The molecule has 0 fully saturated rings. The maximum absolute atomic E-state index is 13.0. The molecule has 1 atom stereocenters. The monoisotopic (exact) mass is 234 g/mol. The standard InChI is InChI=1S/C12H11FN2O2/c1-8(12(16)17)9-6-14-15(7-9)11-4-2-3-10(13)5-11/h2-8H,1H3,(H,16,17). The first-order valence-corrected chi connectivity index (χ1v) is 5.11. The Morgan fingerprint density at radius 2 is 2.29 bits per heavy atom. The molecule has 1 unspecified atom stereocenters. The van der Waals surface area contributed by atoms with E-state index in [0.717, 1.165) is 0 Å². The summed E-state index contributed by atoms with van der Waals surface area (Å²) in [7, 11) is 0. The first-order chi connectivity index (χ1) is 8.08. The van der Waals surface area contributed by atoms with Crippen LogP contribution in [-0.4, -0.2) is 20.9 Å². The van der Waals surface area contributed by atoms with Gasteiger partial charge in [0.15, 0.2) is 0 Å². The van der Waals surface area contributed by atoms with E-state index in [4.69, 9.17) is 5.11 Å². The van der Waals surface area contributed by atoms with Gasteiger partial charge in [-0.15, -0.1) is 0 Å². The molecule has 1 heterocycles. The van der Waals surface area contributed by atoms with E-state index in [2.05, 4.69) is 5.10 Å². The minimum atomic E-state index is -0.913. The average molecular weight is 234 g/mol. The van der Waals surface area contributed by atoms with Crippen LogP contribution in [0.5, 0.6) is 0 Å². The fourth-order valence-electron chi connectivity index (χ4n) is 1.46. The summed E-state index contributed by atoms with van der Waals surface area (Å²) in [6, 6.07) is 5.95. The Balaban J connectivity index is 2.33. The van der Waals surface area contributed by atoms with E-state index in [1.54, 1.807) is 25.3 Å². The van der Waals surface area contributed by atoms with Gasteiger partial charge < -0.3 is 5.11 Å². The number of halogens is 1. The van der Waals surface area contributed by atoms with E-state index >= 15 is 0 Å². The SMILES string of the molecule is CC(C(=O)O)c1cnn(-c2cccc(F)c2)c1. The van der Waals surface area contributed by atoms with E-state index in [1.807, 2.05) is 0 Å². The van der Waals surface area contributed by atoms with Crippen molar-refractivity contribution < 1.29 is 14.3 Å². The van der Waals surface area contributed by atoms with Crippen LogP contribution < -0.4 is 0 Å². The third kappa shape index (κ3) is 2.33. The predicted octanol–water partition coefficient (Wildman–Crippen LogP) is 2.20. The predicted molar refractivity (Wildman–Crippen MR) is 59.6 cm³/mol. The number of carboxylic acid groups (broad SMARTS) is 1. The van der Waals surface area contributed by atoms with Crippen LogP contribution in [0.3, 0.4) is 0 Å². The van der Waals surface area contributed by atoms with Crippen molar-refractivity contribution in [2.45, 2.75) is 12.8 Å². The molecule has 4 nitrogen and oxygen atoms in total. The number of carbonyl (C=O) groups is 1. The lowest BCUT2D eigenvalue weighted by molar-refractivity contribution is -0.138. The van der Waals surface area contributed by atoms with Crippen molar-refractivity contribution in [1.82, 2.24) is 9.78 Å². The van der Waals surface area contributed by atoms with E-state index in [1.165, 1.54) is 23.0 Å². The van der Waals surface area contributed by atoms with Gasteiger partial charge in [0.2, 0.25) is 0 Å². The zero-order chi connectivity index (χ0) is 12.4.